The van der Waals surface area contributed by atoms with E-state index in [1.54, 1.807) is 0 Å². The minimum atomic E-state index is -0.373. The van der Waals surface area contributed by atoms with Crippen LogP contribution in [0.3, 0.4) is 0 Å². The number of nitrogens with zero attached hydrogens (tertiary/aromatic N) is 1. The summed E-state index contributed by atoms with van der Waals surface area (Å²) in [6.07, 6.45) is 2.34. The molecule has 0 aromatic rings. The van der Waals surface area contributed by atoms with E-state index in [1.165, 1.54) is 12.8 Å². The van der Waals surface area contributed by atoms with Crippen LogP contribution in [0, 0.1) is 11.8 Å². The Labute approximate surface area is 91.8 Å². The highest BCUT2D eigenvalue weighted by Gasteiger charge is 2.45. The fraction of sp³-hybridized carbons (Fsp3) is 0.917. The first kappa shape index (κ1) is 10.8. The zero-order valence-corrected chi connectivity index (χ0v) is 10.1. The van der Waals surface area contributed by atoms with Crippen molar-refractivity contribution in [1.82, 2.24) is 4.90 Å². The highest BCUT2D eigenvalue weighted by Crippen LogP contribution is 2.41. The molecular weight excluding hydrogens is 190 g/mol. The van der Waals surface area contributed by atoms with E-state index in [-0.39, 0.29) is 11.7 Å². The smallest absolute Gasteiger partial charge is 0.410 e. The van der Waals surface area contributed by atoms with Gasteiger partial charge in [0, 0.05) is 12.6 Å². The number of ether oxygens (including phenoxy) is 1. The molecule has 15 heavy (non-hydrogen) atoms. The highest BCUT2D eigenvalue weighted by molar-refractivity contribution is 5.69. The third-order valence-electron chi connectivity index (χ3n) is 3.42. The number of fused-ring (bicyclic) bond motifs is 2. The molecule has 0 unspecified atom stereocenters. The van der Waals surface area contributed by atoms with E-state index in [0.717, 1.165) is 12.5 Å². The number of amides is 1. The van der Waals surface area contributed by atoms with Gasteiger partial charge in [-0.05, 0) is 45.4 Å². The maximum Gasteiger partial charge on any atom is 0.410 e. The zero-order valence-electron chi connectivity index (χ0n) is 10.1. The van der Waals surface area contributed by atoms with Crippen molar-refractivity contribution < 1.29 is 9.53 Å². The molecule has 1 heterocycles. The van der Waals surface area contributed by atoms with Crippen molar-refractivity contribution in [2.24, 2.45) is 11.8 Å². The quantitative estimate of drug-likeness (QED) is 0.616. The van der Waals surface area contributed by atoms with E-state index in [9.17, 15) is 4.79 Å². The van der Waals surface area contributed by atoms with Crippen molar-refractivity contribution in [2.45, 2.75) is 52.2 Å². The molecule has 1 aliphatic heterocycles. The summed E-state index contributed by atoms with van der Waals surface area (Å²) in [7, 11) is 0. The normalized spacial score (nSPS) is 34.7. The number of hydrogen-bond acceptors (Lipinski definition) is 2. The molecule has 0 N–H and O–H groups in total. The first-order chi connectivity index (χ1) is 6.87. The van der Waals surface area contributed by atoms with Gasteiger partial charge in [0.1, 0.15) is 5.60 Å². The van der Waals surface area contributed by atoms with Crippen molar-refractivity contribution in [1.29, 1.82) is 0 Å². The average molecular weight is 211 g/mol. The predicted octanol–water partition coefficient (Wildman–Crippen LogP) is 2.65. The van der Waals surface area contributed by atoms with Crippen LogP contribution in [-0.4, -0.2) is 29.2 Å². The molecule has 0 spiro atoms. The molecule has 86 valence electrons. The molecule has 0 aromatic carbocycles. The summed E-state index contributed by atoms with van der Waals surface area (Å²) in [5.74, 6) is 1.37. The van der Waals surface area contributed by atoms with Crippen LogP contribution in [-0.2, 0) is 4.74 Å². The molecule has 3 heteroatoms. The first-order valence-electron chi connectivity index (χ1n) is 5.86. The Morgan fingerprint density at radius 3 is 2.47 bits per heavy atom. The number of hydrogen-bond donors (Lipinski definition) is 0. The maximum absolute atomic E-state index is 11.9. The number of carbonyl (C=O) groups excluding carboxylic acids is 1. The highest BCUT2D eigenvalue weighted by atomic mass is 16.6. The Balaban J connectivity index is 1.98. The standard InChI is InChI=1S/C12H21NO2/c1-8-5-9-6-10(8)13(7-9)11(14)15-12(2,3)4/h8-10H,5-7H2,1-4H3/t8-,9-,10-/m0/s1. The molecule has 1 saturated heterocycles. The Kier molecular flexibility index (Phi) is 2.44. The van der Waals surface area contributed by atoms with Crippen molar-refractivity contribution in [3.63, 3.8) is 0 Å². The lowest BCUT2D eigenvalue weighted by Gasteiger charge is -2.33. The molecule has 2 bridgehead atoms. The summed E-state index contributed by atoms with van der Waals surface area (Å²) in [5.41, 5.74) is -0.373. The lowest BCUT2D eigenvalue weighted by atomic mass is 10.0. The molecule has 0 radical (unpaired) electrons. The molecule has 2 fully saturated rings. The summed E-state index contributed by atoms with van der Waals surface area (Å²) in [5, 5.41) is 0. The van der Waals surface area contributed by atoms with E-state index in [4.69, 9.17) is 4.74 Å². The molecule has 1 saturated carbocycles. The van der Waals surface area contributed by atoms with E-state index >= 15 is 0 Å². The fourth-order valence-corrected chi connectivity index (χ4v) is 2.88. The Morgan fingerprint density at radius 1 is 1.33 bits per heavy atom. The first-order valence-corrected chi connectivity index (χ1v) is 5.86. The molecule has 0 aromatic heterocycles. The van der Waals surface area contributed by atoms with Gasteiger partial charge in [0.05, 0.1) is 0 Å². The molecule has 3 atom stereocenters. The van der Waals surface area contributed by atoms with Gasteiger partial charge in [-0.1, -0.05) is 6.92 Å². The van der Waals surface area contributed by atoms with Gasteiger partial charge in [0.15, 0.2) is 0 Å². The molecule has 2 rings (SSSR count). The van der Waals surface area contributed by atoms with Crippen molar-refractivity contribution in [3.8, 4) is 0 Å². The zero-order chi connectivity index (χ0) is 11.2. The average Bonchev–Trinajstić information content (AvgIpc) is 2.58. The Bertz CT molecular complexity index is 269. The summed E-state index contributed by atoms with van der Waals surface area (Å²) < 4.78 is 5.41. The van der Waals surface area contributed by atoms with Crippen molar-refractivity contribution >= 4 is 6.09 Å². The second-order valence-corrected chi connectivity index (χ2v) is 6.01. The van der Waals surface area contributed by atoms with Gasteiger partial charge in [-0.2, -0.15) is 0 Å². The van der Waals surface area contributed by atoms with Gasteiger partial charge in [0.25, 0.3) is 0 Å². The largest absolute Gasteiger partial charge is 0.444 e. The van der Waals surface area contributed by atoms with Crippen LogP contribution in [0.4, 0.5) is 4.79 Å². The lowest BCUT2D eigenvalue weighted by molar-refractivity contribution is 0.0142. The summed E-state index contributed by atoms with van der Waals surface area (Å²) in [6, 6.07) is 0.435. The second-order valence-electron chi connectivity index (χ2n) is 6.01. The van der Waals surface area contributed by atoms with Crippen molar-refractivity contribution in [2.75, 3.05) is 6.54 Å². The van der Waals surface area contributed by atoms with Gasteiger partial charge in [-0.25, -0.2) is 4.79 Å². The Morgan fingerprint density at radius 2 is 2.00 bits per heavy atom. The van der Waals surface area contributed by atoms with Gasteiger partial charge in [0.2, 0.25) is 0 Å². The third kappa shape index (κ3) is 2.11. The molecule has 3 nitrogen and oxygen atoms in total. The minimum absolute atomic E-state index is 0.124. The predicted molar refractivity (Wildman–Crippen MR) is 58.6 cm³/mol. The maximum atomic E-state index is 11.9. The number of piperidine rings is 1. The van der Waals surface area contributed by atoms with Gasteiger partial charge in [-0.15, -0.1) is 0 Å². The third-order valence-corrected chi connectivity index (χ3v) is 3.42. The van der Waals surface area contributed by atoms with E-state index in [2.05, 4.69) is 6.92 Å². The molecule has 1 amide bonds. The van der Waals surface area contributed by atoms with Crippen LogP contribution < -0.4 is 0 Å². The van der Waals surface area contributed by atoms with Crippen LogP contribution >= 0.6 is 0 Å². The fourth-order valence-electron chi connectivity index (χ4n) is 2.88. The van der Waals surface area contributed by atoms with Gasteiger partial charge in [-0.3, -0.25) is 0 Å². The molecule has 1 aliphatic carbocycles. The summed E-state index contributed by atoms with van der Waals surface area (Å²) >= 11 is 0. The molecule has 2 aliphatic rings. The second kappa shape index (κ2) is 3.39. The minimum Gasteiger partial charge on any atom is -0.444 e. The number of carbonyl (C=O) groups is 1. The molecular formula is C12H21NO2. The van der Waals surface area contributed by atoms with Crippen LogP contribution in [0.15, 0.2) is 0 Å². The van der Waals surface area contributed by atoms with Gasteiger partial charge >= 0.3 is 6.09 Å². The van der Waals surface area contributed by atoms with E-state index < -0.39 is 0 Å². The van der Waals surface area contributed by atoms with E-state index in [1.807, 2.05) is 25.7 Å². The lowest BCUT2D eigenvalue weighted by Crippen LogP contribution is -2.44. The Hall–Kier alpha value is -0.730. The summed E-state index contributed by atoms with van der Waals surface area (Å²) in [4.78, 5) is 13.8. The van der Waals surface area contributed by atoms with Gasteiger partial charge < -0.3 is 9.64 Å². The van der Waals surface area contributed by atoms with Crippen LogP contribution in [0.5, 0.6) is 0 Å². The topological polar surface area (TPSA) is 29.5 Å². The monoisotopic (exact) mass is 211 g/mol. The number of likely N-dealkylation sites (tertiary alicyclic amines) is 1. The van der Waals surface area contributed by atoms with E-state index in [0.29, 0.717) is 12.0 Å². The van der Waals surface area contributed by atoms with Crippen LogP contribution in [0.25, 0.3) is 0 Å². The SMILES string of the molecule is C[C@H]1C[C@H]2C[C@@H]1N(C(=O)OC(C)(C)C)C2. The van der Waals surface area contributed by atoms with Crippen molar-refractivity contribution in [3.05, 3.63) is 0 Å². The number of rotatable bonds is 0. The van der Waals surface area contributed by atoms with Crippen LogP contribution in [0.2, 0.25) is 0 Å². The summed E-state index contributed by atoms with van der Waals surface area (Å²) in [6.45, 7) is 8.90. The van der Waals surface area contributed by atoms with Crippen LogP contribution in [0.1, 0.15) is 40.5 Å².